The molecule has 1 rings (SSSR count). The van der Waals surface area contributed by atoms with Crippen LogP contribution in [0.2, 0.25) is 0 Å². The van der Waals surface area contributed by atoms with Crippen molar-refractivity contribution < 1.29 is 49.3 Å². The van der Waals surface area contributed by atoms with Gasteiger partial charge in [0.2, 0.25) is 5.91 Å². The van der Waals surface area contributed by atoms with E-state index in [2.05, 4.69) is 66.9 Å². The Morgan fingerprint density at radius 2 is 0.828 bits per heavy atom. The zero-order valence-electron chi connectivity index (χ0n) is 56.2. The summed E-state index contributed by atoms with van der Waals surface area (Å²) in [5.41, 5.74) is 0. The lowest BCUT2D eigenvalue weighted by Crippen LogP contribution is -2.60. The van der Waals surface area contributed by atoms with Crippen LogP contribution in [0, 0.1) is 0 Å². The summed E-state index contributed by atoms with van der Waals surface area (Å²) in [6, 6.07) is -0.833. The molecular weight excluding hydrogens is 1090 g/mol. The Kier molecular flexibility index (Phi) is 61.0. The molecule has 0 aliphatic carbocycles. The molecule has 6 N–H and O–H groups in total. The number of allylic oxidation sites excluding steroid dienone is 11. The number of aliphatic hydroxyl groups is 5. The highest BCUT2D eigenvalue weighted by atomic mass is 16.7. The second-order valence-corrected chi connectivity index (χ2v) is 25.3. The van der Waals surface area contributed by atoms with E-state index in [0.29, 0.717) is 19.4 Å². The number of unbranched alkanes of at least 4 members (excludes halogenated alkanes) is 41. The minimum Gasteiger partial charge on any atom is -0.466 e. The van der Waals surface area contributed by atoms with E-state index in [0.717, 1.165) is 70.6 Å². The monoisotopic (exact) mass is 1220 g/mol. The zero-order chi connectivity index (χ0) is 63.0. The fourth-order valence-electron chi connectivity index (χ4n) is 11.3. The van der Waals surface area contributed by atoms with E-state index in [1.165, 1.54) is 238 Å². The maximum atomic E-state index is 13.0. The molecule has 0 aromatic carbocycles. The summed E-state index contributed by atoms with van der Waals surface area (Å²) >= 11 is 0. The van der Waals surface area contributed by atoms with E-state index in [1.807, 2.05) is 19.1 Å². The predicted molar refractivity (Wildman–Crippen MR) is 366 cm³/mol. The fourth-order valence-corrected chi connectivity index (χ4v) is 11.3. The Morgan fingerprint density at radius 1 is 0.448 bits per heavy atom. The highest BCUT2D eigenvalue weighted by Crippen LogP contribution is 2.23. The number of nitrogens with one attached hydrogen (secondary N) is 1. The van der Waals surface area contributed by atoms with Crippen LogP contribution in [0.5, 0.6) is 0 Å². The summed E-state index contributed by atoms with van der Waals surface area (Å²) < 4.78 is 16.7. The van der Waals surface area contributed by atoms with Gasteiger partial charge in [-0.2, -0.15) is 0 Å². The SMILES string of the molecule is C/C=C/CC/C=C/CC/C=C/C(O)C(COC1OC(CO)C(O)C(O)C1O)NC(=O)CCCCCCCCCCCCCCCCCCC/C=C\C/C=C\CCCCCCCCCCCCCOC(=O)CCCCCCC/C=C\CCCCCCCC. The molecule has 1 saturated heterocycles. The second-order valence-electron chi connectivity index (χ2n) is 25.3. The van der Waals surface area contributed by atoms with Gasteiger partial charge in [-0.25, -0.2) is 0 Å². The maximum absolute atomic E-state index is 13.0. The third-order valence-corrected chi connectivity index (χ3v) is 17.1. The molecule has 0 spiro atoms. The molecule has 0 aromatic rings. The van der Waals surface area contributed by atoms with Crippen molar-refractivity contribution in [2.45, 2.75) is 378 Å². The number of ether oxygens (including phenoxy) is 3. The molecule has 0 saturated carbocycles. The predicted octanol–water partition coefficient (Wildman–Crippen LogP) is 19.1. The van der Waals surface area contributed by atoms with E-state index in [9.17, 15) is 35.1 Å². The minimum absolute atomic E-state index is 0.00149. The minimum atomic E-state index is -1.58. The molecule has 1 heterocycles. The van der Waals surface area contributed by atoms with E-state index >= 15 is 0 Å². The van der Waals surface area contributed by atoms with Crippen LogP contribution in [0.4, 0.5) is 0 Å². The van der Waals surface area contributed by atoms with Crippen LogP contribution in [0.3, 0.4) is 0 Å². The first-order valence-corrected chi connectivity index (χ1v) is 36.7. The molecule has 1 fully saturated rings. The van der Waals surface area contributed by atoms with E-state index in [1.54, 1.807) is 6.08 Å². The fraction of sp³-hybridized carbons (Fsp3) is 0.816. The second kappa shape index (κ2) is 64.6. The first-order chi connectivity index (χ1) is 42.7. The molecule has 506 valence electrons. The topological polar surface area (TPSA) is 175 Å². The molecule has 1 aliphatic heterocycles. The van der Waals surface area contributed by atoms with Gasteiger partial charge < -0.3 is 45.1 Å². The van der Waals surface area contributed by atoms with Gasteiger partial charge in [-0.05, 0) is 110 Å². The van der Waals surface area contributed by atoms with Crippen molar-refractivity contribution >= 4 is 11.9 Å². The smallest absolute Gasteiger partial charge is 0.305 e. The number of carbonyl (C=O) groups excluding carboxylic acids is 2. The number of hydrogen-bond donors (Lipinski definition) is 6. The van der Waals surface area contributed by atoms with Crippen molar-refractivity contribution in [1.29, 1.82) is 0 Å². The first-order valence-electron chi connectivity index (χ1n) is 36.7. The van der Waals surface area contributed by atoms with Gasteiger partial charge in [0.05, 0.1) is 32.0 Å². The Bertz CT molecular complexity index is 1680. The van der Waals surface area contributed by atoms with Crippen LogP contribution in [0.25, 0.3) is 0 Å². The third kappa shape index (κ3) is 53.5. The summed E-state index contributed by atoms with van der Waals surface area (Å²) in [6.45, 7) is 4.10. The van der Waals surface area contributed by atoms with Crippen LogP contribution in [-0.4, -0.2) is 100 Å². The van der Waals surface area contributed by atoms with E-state index < -0.39 is 49.5 Å². The first kappa shape index (κ1) is 82.1. The van der Waals surface area contributed by atoms with Crippen LogP contribution in [0.1, 0.15) is 335 Å². The molecule has 0 aromatic heterocycles. The van der Waals surface area contributed by atoms with Crippen molar-refractivity contribution in [2.24, 2.45) is 0 Å². The normalized spacial score (nSPS) is 18.3. The molecule has 0 bridgehead atoms. The quantitative estimate of drug-likeness (QED) is 0.0195. The highest BCUT2D eigenvalue weighted by molar-refractivity contribution is 5.76. The molecular formula is C76H137NO10. The van der Waals surface area contributed by atoms with Gasteiger partial charge in [0.25, 0.3) is 0 Å². The molecule has 7 atom stereocenters. The van der Waals surface area contributed by atoms with Crippen molar-refractivity contribution in [1.82, 2.24) is 5.32 Å². The van der Waals surface area contributed by atoms with Crippen molar-refractivity contribution in [3.8, 4) is 0 Å². The average molecular weight is 1220 g/mol. The lowest BCUT2D eigenvalue weighted by molar-refractivity contribution is -0.302. The zero-order valence-corrected chi connectivity index (χ0v) is 56.2. The molecule has 7 unspecified atom stereocenters. The van der Waals surface area contributed by atoms with Gasteiger partial charge >= 0.3 is 5.97 Å². The van der Waals surface area contributed by atoms with Gasteiger partial charge in [-0.15, -0.1) is 0 Å². The van der Waals surface area contributed by atoms with Gasteiger partial charge in [-0.3, -0.25) is 9.59 Å². The standard InChI is InChI=1S/C76H137NO10/c1-3-5-7-9-11-13-14-15-37-41-44-48-52-56-60-64-72(81)85-65-61-57-53-49-45-42-39-36-34-32-30-28-26-24-22-20-18-16-17-19-21-23-25-27-29-31-33-35-38-40-43-47-51-55-59-63-71(80)77-68(69(79)62-58-54-50-46-12-10-8-6-4-2)67-86-76-75(84)74(83)73(82)70(66-78)87-76/h4,6,12,15,18,20,24,26,37,46,58,62,68-70,73-76,78-79,82-84H,3,5,7-11,13-14,16-17,19,21-23,25,27-36,38-45,47-57,59-61,63-67H2,1-2H3,(H,77,80)/b6-4+,20-18-,26-24-,37-15-,46-12+,62-58+. The number of esters is 1. The molecule has 1 aliphatic rings. The van der Waals surface area contributed by atoms with Crippen LogP contribution in [0.15, 0.2) is 72.9 Å². The molecule has 11 nitrogen and oxygen atoms in total. The van der Waals surface area contributed by atoms with Crippen molar-refractivity contribution in [2.75, 3.05) is 19.8 Å². The Balaban J connectivity index is 1.90. The van der Waals surface area contributed by atoms with Gasteiger partial charge in [0.15, 0.2) is 6.29 Å². The van der Waals surface area contributed by atoms with Crippen molar-refractivity contribution in [3.05, 3.63) is 72.9 Å². The Hall–Kier alpha value is -2.90. The third-order valence-electron chi connectivity index (χ3n) is 17.1. The molecule has 87 heavy (non-hydrogen) atoms. The summed E-state index contributed by atoms with van der Waals surface area (Å²) in [7, 11) is 0. The lowest BCUT2D eigenvalue weighted by Gasteiger charge is -2.40. The lowest BCUT2D eigenvalue weighted by atomic mass is 9.99. The molecule has 1 amide bonds. The average Bonchev–Trinajstić information content (AvgIpc) is 2.79. The number of carbonyl (C=O) groups is 2. The van der Waals surface area contributed by atoms with E-state index in [-0.39, 0.29) is 18.5 Å². The Labute approximate surface area is 534 Å². The van der Waals surface area contributed by atoms with E-state index in [4.69, 9.17) is 14.2 Å². The van der Waals surface area contributed by atoms with Crippen LogP contribution in [-0.2, 0) is 23.8 Å². The number of amides is 1. The largest absolute Gasteiger partial charge is 0.466 e. The van der Waals surface area contributed by atoms with Gasteiger partial charge in [0, 0.05) is 12.8 Å². The summed E-state index contributed by atoms with van der Waals surface area (Å²) in [5.74, 6) is -0.196. The van der Waals surface area contributed by atoms with Crippen LogP contribution >= 0.6 is 0 Å². The molecule has 11 heteroatoms. The number of rotatable bonds is 64. The molecule has 0 radical (unpaired) electrons. The summed E-state index contributed by atoms with van der Waals surface area (Å²) in [5, 5.41) is 54.2. The summed E-state index contributed by atoms with van der Waals surface area (Å²) in [4.78, 5) is 25.1. The number of aliphatic hydroxyl groups excluding tert-OH is 5. The van der Waals surface area contributed by atoms with Gasteiger partial charge in [-0.1, -0.05) is 285 Å². The Morgan fingerprint density at radius 3 is 1.28 bits per heavy atom. The maximum Gasteiger partial charge on any atom is 0.305 e. The highest BCUT2D eigenvalue weighted by Gasteiger charge is 2.44. The van der Waals surface area contributed by atoms with Gasteiger partial charge in [0.1, 0.15) is 24.4 Å². The van der Waals surface area contributed by atoms with Crippen LogP contribution < -0.4 is 5.32 Å². The van der Waals surface area contributed by atoms with Crippen molar-refractivity contribution in [3.63, 3.8) is 0 Å². The number of hydrogen-bond acceptors (Lipinski definition) is 10. The summed E-state index contributed by atoms with van der Waals surface area (Å²) in [6.07, 6.45) is 78.1.